The zero-order chi connectivity index (χ0) is 12.4. The summed E-state index contributed by atoms with van der Waals surface area (Å²) in [4.78, 5) is 12.6. The van der Waals surface area contributed by atoms with Gasteiger partial charge in [-0.2, -0.15) is 0 Å². The summed E-state index contributed by atoms with van der Waals surface area (Å²) in [6, 6.07) is 0.253. The van der Waals surface area contributed by atoms with E-state index in [1.807, 2.05) is 19.0 Å². The van der Waals surface area contributed by atoms with Crippen molar-refractivity contribution in [1.29, 1.82) is 0 Å². The fourth-order valence-corrected chi connectivity index (χ4v) is 2.21. The van der Waals surface area contributed by atoms with Crippen LogP contribution in [0.2, 0.25) is 0 Å². The van der Waals surface area contributed by atoms with Gasteiger partial charge in [0.1, 0.15) is 0 Å². The fraction of sp³-hybridized carbons (Fsp3) is 0.636. The number of anilines is 2. The topological polar surface area (TPSA) is 78.5 Å². The van der Waals surface area contributed by atoms with Crippen LogP contribution in [-0.2, 0) is 0 Å². The van der Waals surface area contributed by atoms with Gasteiger partial charge in [-0.3, -0.25) is 0 Å². The summed E-state index contributed by atoms with van der Waals surface area (Å²) in [6.45, 7) is 1.47. The van der Waals surface area contributed by atoms with Crippen molar-refractivity contribution >= 4 is 11.6 Å². The minimum Gasteiger partial charge on any atom is -0.396 e. The standard InChI is InChI=1S/C11H19N5O/c1-15(2)6-9-3-10(17)7-16(9)11-13-4-8(12)5-14-11/h4-5,9-10,17H,3,6-7,12H2,1-2H3. The molecule has 1 aliphatic rings. The van der Waals surface area contributed by atoms with E-state index in [4.69, 9.17) is 5.73 Å². The maximum absolute atomic E-state index is 9.76. The molecule has 2 heterocycles. The van der Waals surface area contributed by atoms with Crippen molar-refractivity contribution in [3.05, 3.63) is 12.4 Å². The van der Waals surface area contributed by atoms with Gasteiger partial charge in [0.15, 0.2) is 0 Å². The summed E-state index contributed by atoms with van der Waals surface area (Å²) in [6.07, 6.45) is 3.65. The van der Waals surface area contributed by atoms with Gasteiger partial charge in [0.2, 0.25) is 5.95 Å². The summed E-state index contributed by atoms with van der Waals surface area (Å²) in [5.41, 5.74) is 6.12. The highest BCUT2D eigenvalue weighted by molar-refractivity contribution is 5.40. The van der Waals surface area contributed by atoms with Crippen LogP contribution in [0.15, 0.2) is 12.4 Å². The minimum absolute atomic E-state index is 0.253. The Bertz CT molecular complexity index is 367. The van der Waals surface area contributed by atoms with E-state index < -0.39 is 0 Å². The van der Waals surface area contributed by atoms with Crippen molar-refractivity contribution in [3.63, 3.8) is 0 Å². The summed E-state index contributed by atoms with van der Waals surface area (Å²) >= 11 is 0. The van der Waals surface area contributed by atoms with Crippen molar-refractivity contribution in [1.82, 2.24) is 14.9 Å². The van der Waals surface area contributed by atoms with Gasteiger partial charge in [-0.05, 0) is 20.5 Å². The molecule has 0 radical (unpaired) electrons. The van der Waals surface area contributed by atoms with Crippen molar-refractivity contribution in [2.45, 2.75) is 18.6 Å². The van der Waals surface area contributed by atoms with Crippen LogP contribution >= 0.6 is 0 Å². The van der Waals surface area contributed by atoms with Crippen molar-refractivity contribution < 1.29 is 5.11 Å². The summed E-state index contributed by atoms with van der Waals surface area (Å²) in [5, 5.41) is 9.76. The summed E-state index contributed by atoms with van der Waals surface area (Å²) in [7, 11) is 4.04. The molecule has 0 amide bonds. The molecule has 1 fully saturated rings. The average molecular weight is 237 g/mol. The number of aliphatic hydroxyl groups is 1. The molecule has 1 aromatic rings. The van der Waals surface area contributed by atoms with Crippen molar-refractivity contribution in [2.24, 2.45) is 0 Å². The van der Waals surface area contributed by atoms with Gasteiger partial charge in [0.05, 0.1) is 24.2 Å². The predicted octanol–water partition coefficient (Wildman–Crippen LogP) is -0.440. The second kappa shape index (κ2) is 4.85. The molecule has 1 aliphatic heterocycles. The molecule has 1 saturated heterocycles. The first-order valence-corrected chi connectivity index (χ1v) is 5.73. The van der Waals surface area contributed by atoms with Crippen LogP contribution in [-0.4, -0.2) is 59.3 Å². The molecule has 1 aromatic heterocycles. The minimum atomic E-state index is -0.305. The number of β-amino-alcohol motifs (C(OH)–C–C–N with tert-alkyl or cyclic N) is 1. The van der Waals surface area contributed by atoms with Crippen LogP contribution in [0.4, 0.5) is 11.6 Å². The number of hydrogen-bond donors (Lipinski definition) is 2. The van der Waals surface area contributed by atoms with Gasteiger partial charge < -0.3 is 20.6 Å². The van der Waals surface area contributed by atoms with Gasteiger partial charge in [0.25, 0.3) is 0 Å². The average Bonchev–Trinajstić information content (AvgIpc) is 2.59. The second-order valence-corrected chi connectivity index (χ2v) is 4.77. The Hall–Kier alpha value is -1.40. The Labute approximate surface area is 101 Å². The van der Waals surface area contributed by atoms with E-state index in [-0.39, 0.29) is 12.1 Å². The molecule has 2 rings (SSSR count). The van der Waals surface area contributed by atoms with E-state index in [9.17, 15) is 5.11 Å². The number of nitrogens with zero attached hydrogens (tertiary/aromatic N) is 4. The van der Waals surface area contributed by atoms with Crippen LogP contribution in [0.1, 0.15) is 6.42 Å². The number of aliphatic hydroxyl groups excluding tert-OH is 1. The molecule has 0 aliphatic carbocycles. The molecule has 94 valence electrons. The lowest BCUT2D eigenvalue weighted by atomic mass is 10.2. The van der Waals surface area contributed by atoms with Crippen LogP contribution in [0.25, 0.3) is 0 Å². The molecule has 6 nitrogen and oxygen atoms in total. The number of aromatic nitrogens is 2. The highest BCUT2D eigenvalue weighted by Gasteiger charge is 2.32. The van der Waals surface area contributed by atoms with E-state index in [1.54, 1.807) is 12.4 Å². The highest BCUT2D eigenvalue weighted by Crippen LogP contribution is 2.23. The van der Waals surface area contributed by atoms with Gasteiger partial charge >= 0.3 is 0 Å². The molecule has 0 spiro atoms. The Kier molecular flexibility index (Phi) is 3.44. The Morgan fingerprint density at radius 2 is 2.12 bits per heavy atom. The highest BCUT2D eigenvalue weighted by atomic mass is 16.3. The second-order valence-electron chi connectivity index (χ2n) is 4.77. The smallest absolute Gasteiger partial charge is 0.225 e. The molecule has 0 saturated carbocycles. The molecular formula is C11H19N5O. The molecule has 6 heteroatoms. The summed E-state index contributed by atoms with van der Waals surface area (Å²) < 4.78 is 0. The van der Waals surface area contributed by atoms with Crippen LogP contribution in [0.3, 0.4) is 0 Å². The van der Waals surface area contributed by atoms with Gasteiger partial charge in [-0.1, -0.05) is 0 Å². The van der Waals surface area contributed by atoms with E-state index in [1.165, 1.54) is 0 Å². The fourth-order valence-electron chi connectivity index (χ4n) is 2.21. The molecule has 2 unspecified atom stereocenters. The van der Waals surface area contributed by atoms with Gasteiger partial charge in [0, 0.05) is 19.1 Å². The first-order chi connectivity index (χ1) is 8.06. The Morgan fingerprint density at radius 1 is 1.47 bits per heavy atom. The maximum atomic E-state index is 9.76. The molecule has 17 heavy (non-hydrogen) atoms. The lowest BCUT2D eigenvalue weighted by Gasteiger charge is -2.26. The molecule has 3 N–H and O–H groups in total. The molecule has 0 bridgehead atoms. The third-order valence-electron chi connectivity index (χ3n) is 2.88. The lowest BCUT2D eigenvalue weighted by Crippen LogP contribution is -2.38. The van der Waals surface area contributed by atoms with Crippen LogP contribution in [0.5, 0.6) is 0 Å². The zero-order valence-corrected chi connectivity index (χ0v) is 10.2. The normalized spacial score (nSPS) is 24.6. The number of likely N-dealkylation sites (N-methyl/N-ethyl adjacent to an activating group) is 1. The molecular weight excluding hydrogens is 218 g/mol. The van der Waals surface area contributed by atoms with E-state index >= 15 is 0 Å². The van der Waals surface area contributed by atoms with E-state index in [0.717, 1.165) is 13.0 Å². The third-order valence-corrected chi connectivity index (χ3v) is 2.88. The van der Waals surface area contributed by atoms with Crippen LogP contribution < -0.4 is 10.6 Å². The maximum Gasteiger partial charge on any atom is 0.225 e. The number of hydrogen-bond acceptors (Lipinski definition) is 6. The lowest BCUT2D eigenvalue weighted by molar-refractivity contribution is 0.191. The molecule has 2 atom stereocenters. The SMILES string of the molecule is CN(C)CC1CC(O)CN1c1ncc(N)cn1. The number of nitrogen functional groups attached to an aromatic ring is 1. The quantitative estimate of drug-likeness (QED) is 0.742. The van der Waals surface area contributed by atoms with E-state index in [2.05, 4.69) is 14.9 Å². The Balaban J connectivity index is 2.14. The van der Waals surface area contributed by atoms with E-state index in [0.29, 0.717) is 18.2 Å². The number of nitrogens with two attached hydrogens (primary N) is 1. The van der Waals surface area contributed by atoms with Crippen LogP contribution in [0, 0.1) is 0 Å². The van der Waals surface area contributed by atoms with Gasteiger partial charge in [-0.25, -0.2) is 9.97 Å². The Morgan fingerprint density at radius 3 is 2.71 bits per heavy atom. The van der Waals surface area contributed by atoms with Crippen molar-refractivity contribution in [2.75, 3.05) is 37.8 Å². The monoisotopic (exact) mass is 237 g/mol. The number of rotatable bonds is 3. The first kappa shape index (κ1) is 12.1. The first-order valence-electron chi connectivity index (χ1n) is 5.73. The molecule has 0 aromatic carbocycles. The van der Waals surface area contributed by atoms with Gasteiger partial charge in [-0.15, -0.1) is 0 Å². The third kappa shape index (κ3) is 2.83. The predicted molar refractivity (Wildman–Crippen MR) is 66.8 cm³/mol. The summed E-state index contributed by atoms with van der Waals surface area (Å²) in [5.74, 6) is 0.641. The zero-order valence-electron chi connectivity index (χ0n) is 10.2. The van der Waals surface area contributed by atoms with Crippen molar-refractivity contribution in [3.8, 4) is 0 Å². The largest absolute Gasteiger partial charge is 0.396 e.